The second-order valence-corrected chi connectivity index (χ2v) is 10.8. The Labute approximate surface area is 260 Å². The Bertz CT molecular complexity index is 1570. The summed E-state index contributed by atoms with van der Waals surface area (Å²) in [5.41, 5.74) is 2.90. The normalized spacial score (nSPS) is 11.0. The summed E-state index contributed by atoms with van der Waals surface area (Å²) in [5.74, 6) is 0.802. The van der Waals surface area contributed by atoms with Gasteiger partial charge in [0, 0.05) is 10.2 Å². The third-order valence-electron chi connectivity index (χ3n) is 5.74. The molecule has 4 aromatic carbocycles. The predicted octanol–water partition coefficient (Wildman–Crippen LogP) is 8.30. The van der Waals surface area contributed by atoms with Crippen LogP contribution < -0.4 is 19.5 Å². The van der Waals surface area contributed by atoms with Crippen molar-refractivity contribution in [2.75, 3.05) is 11.9 Å². The van der Waals surface area contributed by atoms with Gasteiger partial charge in [-0.15, -0.1) is 0 Å². The van der Waals surface area contributed by atoms with Crippen LogP contribution in [0.25, 0.3) is 6.08 Å². The molecule has 0 aromatic heterocycles. The number of nitrogens with one attached hydrogen (secondary N) is 1. The van der Waals surface area contributed by atoms with Crippen LogP contribution in [0.5, 0.6) is 17.2 Å². The van der Waals surface area contributed by atoms with Gasteiger partial charge in [0.05, 0.1) is 10.2 Å². The number of benzene rings is 4. The average Bonchev–Trinajstić information content (AvgIpc) is 2.97. The van der Waals surface area contributed by atoms with Gasteiger partial charge in [-0.25, -0.2) is 4.39 Å². The zero-order chi connectivity index (χ0) is 29.2. The lowest BCUT2D eigenvalue weighted by molar-refractivity contribution is -0.112. The number of ether oxygens (including phenoxy) is 3. The van der Waals surface area contributed by atoms with E-state index in [1.165, 1.54) is 18.2 Å². The van der Waals surface area contributed by atoms with E-state index in [4.69, 9.17) is 14.2 Å². The Kier molecular flexibility index (Phi) is 10.8. The zero-order valence-corrected chi connectivity index (χ0v) is 25.7. The molecule has 0 aliphatic carbocycles. The summed E-state index contributed by atoms with van der Waals surface area (Å²) in [5, 5.41) is 12.5. The first-order valence-corrected chi connectivity index (χ1v) is 14.5. The van der Waals surface area contributed by atoms with Crippen molar-refractivity contribution in [3.8, 4) is 23.3 Å². The number of amides is 1. The minimum absolute atomic E-state index is 0.0706. The molecule has 0 radical (unpaired) electrons. The Morgan fingerprint density at radius 2 is 1.59 bits per heavy atom. The van der Waals surface area contributed by atoms with Crippen molar-refractivity contribution in [3.63, 3.8) is 0 Å². The Morgan fingerprint density at radius 1 is 0.951 bits per heavy atom. The summed E-state index contributed by atoms with van der Waals surface area (Å²) in [6, 6.07) is 26.4. The van der Waals surface area contributed by atoms with Crippen LogP contribution >= 0.6 is 38.5 Å². The van der Waals surface area contributed by atoms with Crippen LogP contribution in [0.15, 0.2) is 95.0 Å². The third kappa shape index (κ3) is 8.80. The average molecular weight is 727 g/mol. The Hall–Kier alpha value is -3.88. The fraction of sp³-hybridized carbons (Fsp3) is 0.125. The highest BCUT2D eigenvalue weighted by atomic mass is 127. The number of hydrogen-bond acceptors (Lipinski definition) is 5. The molecule has 0 saturated carbocycles. The highest BCUT2D eigenvalue weighted by molar-refractivity contribution is 14.1. The van der Waals surface area contributed by atoms with Crippen LogP contribution in [-0.4, -0.2) is 12.5 Å². The van der Waals surface area contributed by atoms with E-state index in [-0.39, 0.29) is 18.0 Å². The van der Waals surface area contributed by atoms with E-state index in [2.05, 4.69) is 43.8 Å². The van der Waals surface area contributed by atoms with E-state index >= 15 is 0 Å². The van der Waals surface area contributed by atoms with Crippen molar-refractivity contribution in [2.45, 2.75) is 20.1 Å². The van der Waals surface area contributed by atoms with Crippen LogP contribution in [0.2, 0.25) is 0 Å². The lowest BCUT2D eigenvalue weighted by Crippen LogP contribution is -2.13. The van der Waals surface area contributed by atoms with Gasteiger partial charge >= 0.3 is 0 Å². The third-order valence-corrected chi connectivity index (χ3v) is 7.07. The van der Waals surface area contributed by atoms with Crippen molar-refractivity contribution in [2.24, 2.45) is 0 Å². The van der Waals surface area contributed by atoms with Gasteiger partial charge in [0.1, 0.15) is 36.4 Å². The molecule has 0 atom stereocenters. The maximum atomic E-state index is 13.2. The molecule has 0 unspecified atom stereocenters. The molecule has 208 valence electrons. The van der Waals surface area contributed by atoms with Crippen LogP contribution in [-0.2, 0) is 18.0 Å². The van der Waals surface area contributed by atoms with Gasteiger partial charge < -0.3 is 19.5 Å². The van der Waals surface area contributed by atoms with E-state index < -0.39 is 5.91 Å². The van der Waals surface area contributed by atoms with Gasteiger partial charge in [0.15, 0.2) is 11.5 Å². The van der Waals surface area contributed by atoms with Gasteiger partial charge in [-0.3, -0.25) is 4.79 Å². The highest BCUT2D eigenvalue weighted by Crippen LogP contribution is 2.35. The Morgan fingerprint density at radius 3 is 2.22 bits per heavy atom. The van der Waals surface area contributed by atoms with Crippen LogP contribution in [0.3, 0.4) is 0 Å². The molecule has 6 nitrogen and oxygen atoms in total. The van der Waals surface area contributed by atoms with E-state index in [9.17, 15) is 14.4 Å². The first-order valence-electron chi connectivity index (χ1n) is 12.6. The van der Waals surface area contributed by atoms with Crippen LogP contribution in [0.4, 0.5) is 10.1 Å². The van der Waals surface area contributed by atoms with Crippen LogP contribution in [0.1, 0.15) is 23.6 Å². The van der Waals surface area contributed by atoms with Crippen molar-refractivity contribution >= 4 is 56.2 Å². The highest BCUT2D eigenvalue weighted by Gasteiger charge is 2.15. The Balaban J connectivity index is 1.43. The monoisotopic (exact) mass is 726 g/mol. The second kappa shape index (κ2) is 14.7. The van der Waals surface area contributed by atoms with E-state index in [1.807, 2.05) is 37.3 Å². The minimum Gasteiger partial charge on any atom is -0.490 e. The molecule has 0 bridgehead atoms. The summed E-state index contributed by atoms with van der Waals surface area (Å²) in [4.78, 5) is 12.9. The fourth-order valence-corrected chi connectivity index (χ4v) is 4.75. The summed E-state index contributed by atoms with van der Waals surface area (Å²) in [6.07, 6.45) is 1.50. The molecular formula is C32H25BrFIN2O4. The minimum atomic E-state index is -0.541. The molecular weight excluding hydrogens is 702 g/mol. The first kappa shape index (κ1) is 30.1. The van der Waals surface area contributed by atoms with Crippen molar-refractivity contribution in [1.29, 1.82) is 5.26 Å². The van der Waals surface area contributed by atoms with Gasteiger partial charge in [0.25, 0.3) is 5.91 Å². The van der Waals surface area contributed by atoms with Crippen LogP contribution in [0, 0.1) is 20.7 Å². The molecule has 1 amide bonds. The summed E-state index contributed by atoms with van der Waals surface area (Å²) < 4.78 is 32.5. The van der Waals surface area contributed by atoms with E-state index in [0.29, 0.717) is 41.7 Å². The lowest BCUT2D eigenvalue weighted by atomic mass is 10.1. The lowest BCUT2D eigenvalue weighted by Gasteiger charge is -2.15. The SMILES string of the molecule is CCOc1cc(/C=C(\C#N)C(=O)Nc2ccc(OCc3ccc(Br)cc3)cc2)cc(I)c1OCc1ccc(F)cc1. The molecule has 1 N–H and O–H groups in total. The first-order chi connectivity index (χ1) is 19.8. The zero-order valence-electron chi connectivity index (χ0n) is 22.0. The van der Waals surface area contributed by atoms with Gasteiger partial charge in [0.2, 0.25) is 0 Å². The number of rotatable bonds is 11. The number of carbonyl (C=O) groups excluding carboxylic acids is 1. The number of nitrogens with zero attached hydrogens (tertiary/aromatic N) is 1. The van der Waals surface area contributed by atoms with Crippen molar-refractivity contribution < 1.29 is 23.4 Å². The quantitative estimate of drug-likeness (QED) is 0.0956. The molecule has 0 fully saturated rings. The molecule has 0 aliphatic heterocycles. The van der Waals surface area contributed by atoms with Crippen molar-refractivity contribution in [1.82, 2.24) is 0 Å². The maximum absolute atomic E-state index is 13.2. The van der Waals surface area contributed by atoms with E-state index in [1.54, 1.807) is 48.5 Å². The molecule has 0 heterocycles. The second-order valence-electron chi connectivity index (χ2n) is 8.74. The summed E-state index contributed by atoms with van der Waals surface area (Å²) in [6.45, 7) is 2.89. The number of carbonyl (C=O) groups is 1. The molecule has 0 spiro atoms. The van der Waals surface area contributed by atoms with E-state index in [0.717, 1.165) is 19.2 Å². The molecule has 41 heavy (non-hydrogen) atoms. The number of halogens is 3. The molecule has 4 rings (SSSR count). The van der Waals surface area contributed by atoms with Gasteiger partial charge in [-0.2, -0.15) is 5.26 Å². The number of hydrogen-bond donors (Lipinski definition) is 1. The maximum Gasteiger partial charge on any atom is 0.266 e. The predicted molar refractivity (Wildman–Crippen MR) is 168 cm³/mol. The topological polar surface area (TPSA) is 80.6 Å². The largest absolute Gasteiger partial charge is 0.490 e. The van der Waals surface area contributed by atoms with Crippen molar-refractivity contribution in [3.05, 3.63) is 121 Å². The van der Waals surface area contributed by atoms with Gasteiger partial charge in [-0.05, 0) is 113 Å². The number of nitriles is 1. The number of anilines is 1. The smallest absolute Gasteiger partial charge is 0.266 e. The fourth-order valence-electron chi connectivity index (χ4n) is 3.71. The molecule has 0 aliphatic rings. The molecule has 0 saturated heterocycles. The standard InChI is InChI=1S/C32H25BrFIN2O4/c1-2-39-30-17-23(16-29(35)31(30)41-20-22-5-9-26(34)10-6-22)15-24(18-36)32(38)37-27-11-13-28(14-12-27)40-19-21-3-7-25(33)8-4-21/h3-17H,2,19-20H2,1H3,(H,37,38)/b24-15+. The molecule has 4 aromatic rings. The summed E-state index contributed by atoms with van der Waals surface area (Å²) in [7, 11) is 0. The van der Waals surface area contributed by atoms with Gasteiger partial charge in [-0.1, -0.05) is 40.2 Å². The molecule has 9 heteroatoms. The summed E-state index contributed by atoms with van der Waals surface area (Å²) >= 11 is 5.53.